The largest absolute Gasteiger partial charge is 0.488 e. The molecule has 3 aliphatic rings. The van der Waals surface area contributed by atoms with Crippen LogP contribution in [-0.4, -0.2) is 101 Å². The number of aryl methyl sites for hydroxylation is 3. The van der Waals surface area contributed by atoms with Crippen LogP contribution in [0.5, 0.6) is 5.75 Å². The molecule has 396 valence electrons. The zero-order valence-electron chi connectivity index (χ0n) is 43.0. The van der Waals surface area contributed by atoms with Gasteiger partial charge in [-0.2, -0.15) is 0 Å². The quantitative estimate of drug-likeness (QED) is 0.0503. The van der Waals surface area contributed by atoms with E-state index in [9.17, 15) is 33.6 Å². The molecule has 1 aromatic heterocycles. The maximum absolute atomic E-state index is 15.9. The fraction of sp³-hybridized carbons (Fsp3) is 0.491. The van der Waals surface area contributed by atoms with E-state index in [0.717, 1.165) is 38.5 Å². The summed E-state index contributed by atoms with van der Waals surface area (Å²) in [5.41, 5.74) is 18.5. The fourth-order valence-corrected chi connectivity index (χ4v) is 10.9. The smallest absolute Gasteiger partial charge is 0.302 e. The number of hydrogen-bond donors (Lipinski definition) is 5. The number of para-hydroxylation sites is 1. The molecule has 0 spiro atoms. The van der Waals surface area contributed by atoms with Gasteiger partial charge in [-0.3, -0.25) is 38.5 Å². The van der Waals surface area contributed by atoms with Crippen LogP contribution in [0.15, 0.2) is 66.2 Å². The number of esters is 1. The highest BCUT2D eigenvalue weighted by Gasteiger charge is 2.47. The molecular weight excluding hydrogens is 968 g/mol. The number of nitrogens with zero attached hydrogens (tertiary/aromatic N) is 3. The molecule has 19 heteroatoms. The molecule has 7 rings (SSSR count). The van der Waals surface area contributed by atoms with Gasteiger partial charge in [0.05, 0.1) is 46.4 Å². The molecule has 6 amide bonds. The summed E-state index contributed by atoms with van der Waals surface area (Å²) in [6.45, 7) is 10.4. The molecule has 7 atom stereocenters. The third-order valence-corrected chi connectivity index (χ3v) is 15.0. The number of likely N-dealkylation sites (tertiary alicyclic amines) is 1. The predicted molar refractivity (Wildman–Crippen MR) is 278 cm³/mol. The summed E-state index contributed by atoms with van der Waals surface area (Å²) in [5.74, 6) is -3.73. The molecule has 4 heterocycles. The zero-order valence-corrected chi connectivity index (χ0v) is 43.9. The number of carbonyl (C=O) groups is 7. The van der Waals surface area contributed by atoms with Crippen LogP contribution in [0, 0.1) is 18.2 Å². The maximum Gasteiger partial charge on any atom is 0.302 e. The number of nitrogens with two attached hydrogens (primary N) is 2. The minimum absolute atomic E-state index is 0.0137. The van der Waals surface area contributed by atoms with E-state index in [-0.39, 0.29) is 56.4 Å². The summed E-state index contributed by atoms with van der Waals surface area (Å²) in [4.78, 5) is 101. The van der Waals surface area contributed by atoms with Crippen molar-refractivity contribution in [3.8, 4) is 16.2 Å². The number of unbranched alkanes of at least 4 members (excludes halogenated alkanes) is 2. The van der Waals surface area contributed by atoms with Crippen LogP contribution in [0.4, 0.5) is 10.1 Å². The molecule has 3 aromatic carbocycles. The van der Waals surface area contributed by atoms with Crippen LogP contribution in [0.25, 0.3) is 10.4 Å². The van der Waals surface area contributed by atoms with Gasteiger partial charge in [0.1, 0.15) is 30.8 Å². The average molecular weight is 1040 g/mol. The lowest BCUT2D eigenvalue weighted by Crippen LogP contribution is -2.57. The van der Waals surface area contributed by atoms with Crippen LogP contribution < -0.4 is 37.1 Å². The van der Waals surface area contributed by atoms with Crippen molar-refractivity contribution in [2.75, 3.05) is 18.1 Å². The minimum atomic E-state index is -1.01. The number of primary amides is 1. The van der Waals surface area contributed by atoms with E-state index in [1.54, 1.807) is 29.0 Å². The van der Waals surface area contributed by atoms with Gasteiger partial charge < -0.3 is 41.8 Å². The van der Waals surface area contributed by atoms with Gasteiger partial charge >= 0.3 is 5.97 Å². The first-order valence-electron chi connectivity index (χ1n) is 25.5. The summed E-state index contributed by atoms with van der Waals surface area (Å²) in [6.07, 6.45) is 2.78. The van der Waals surface area contributed by atoms with Crippen molar-refractivity contribution in [2.24, 2.45) is 16.9 Å². The Morgan fingerprint density at radius 2 is 1.64 bits per heavy atom. The normalized spacial score (nSPS) is 19.4. The molecule has 17 nitrogen and oxygen atoms in total. The topological polar surface area (TPSA) is 245 Å². The first-order chi connectivity index (χ1) is 35.2. The van der Waals surface area contributed by atoms with Gasteiger partial charge in [0.25, 0.3) is 0 Å². The Bertz CT molecular complexity index is 2730. The zero-order chi connectivity index (χ0) is 53.4. The number of thiazole rings is 1. The van der Waals surface area contributed by atoms with Crippen LogP contribution in [-0.2, 0) is 57.6 Å². The fourth-order valence-electron chi connectivity index (χ4n) is 10.1. The number of nitrogens with one attached hydrogen (secondary N) is 3. The number of amides is 6. The predicted octanol–water partition coefficient (Wildman–Crippen LogP) is 5.66. The minimum Gasteiger partial charge on any atom is -0.488 e. The van der Waals surface area contributed by atoms with Gasteiger partial charge in [-0.05, 0) is 91.7 Å². The summed E-state index contributed by atoms with van der Waals surface area (Å²) >= 11 is 1.55. The molecule has 7 N–H and O–H groups in total. The second kappa shape index (κ2) is 24.1. The second-order valence-electron chi connectivity index (χ2n) is 20.8. The molecular formula is C55H69FN8O9S. The molecule has 1 fully saturated rings. The average Bonchev–Trinajstić information content (AvgIpc) is 4.08. The molecule has 0 saturated carbocycles. The molecule has 1 saturated heterocycles. The summed E-state index contributed by atoms with van der Waals surface area (Å²) in [6, 6.07) is 13.6. The van der Waals surface area contributed by atoms with Gasteiger partial charge in [0.15, 0.2) is 11.6 Å². The lowest BCUT2D eigenvalue weighted by atomic mass is 9.85. The van der Waals surface area contributed by atoms with Gasteiger partial charge in [-0.15, -0.1) is 11.3 Å². The summed E-state index contributed by atoms with van der Waals surface area (Å²) in [7, 11) is 0. The van der Waals surface area contributed by atoms with Crippen LogP contribution in [0.1, 0.15) is 120 Å². The van der Waals surface area contributed by atoms with Crippen molar-refractivity contribution in [3.05, 3.63) is 99.9 Å². The number of hydrogen-bond acceptors (Lipinski definition) is 12. The van der Waals surface area contributed by atoms with E-state index >= 15 is 4.39 Å². The van der Waals surface area contributed by atoms with E-state index < -0.39 is 83.2 Å². The number of ether oxygens (including phenoxy) is 2. The first kappa shape index (κ1) is 55.0. The highest BCUT2D eigenvalue weighted by Crippen LogP contribution is 2.39. The van der Waals surface area contributed by atoms with Crippen molar-refractivity contribution >= 4 is 58.4 Å². The molecule has 0 radical (unpaired) electrons. The molecule has 3 aliphatic heterocycles. The first-order valence-corrected chi connectivity index (χ1v) is 26.3. The molecule has 0 aliphatic carbocycles. The van der Waals surface area contributed by atoms with E-state index in [1.165, 1.54) is 22.8 Å². The SMILES string of the molecule is CC(=O)O[C@@H]1C[C@@H](C(=O)N[C@@H](C)c2ccc(-c3scnc3C)cc2)N(C(=O)[C@@H](NC(=O)CCCCCc2cccc(OC[C@H](CCC(N)=O)NC(=O)[C@@H]3Cc4cccc5c4N3C(=O)[C@@H](N)CC5)c2F)C(C)(C)C)C1. The van der Waals surface area contributed by atoms with E-state index in [0.29, 0.717) is 50.5 Å². The number of anilines is 1. The Balaban J connectivity index is 0.909. The van der Waals surface area contributed by atoms with E-state index in [2.05, 4.69) is 20.9 Å². The Morgan fingerprint density at radius 3 is 2.32 bits per heavy atom. The summed E-state index contributed by atoms with van der Waals surface area (Å²) in [5, 5.41) is 8.90. The summed E-state index contributed by atoms with van der Waals surface area (Å²) < 4.78 is 27.4. The monoisotopic (exact) mass is 1040 g/mol. The van der Waals surface area contributed by atoms with Crippen molar-refractivity contribution in [1.82, 2.24) is 25.8 Å². The molecule has 0 unspecified atom stereocenters. The Labute approximate surface area is 435 Å². The van der Waals surface area contributed by atoms with Gasteiger partial charge in [0, 0.05) is 32.6 Å². The molecule has 4 aromatic rings. The molecule has 74 heavy (non-hydrogen) atoms. The number of rotatable bonds is 21. The molecule has 0 bridgehead atoms. The van der Waals surface area contributed by atoms with Gasteiger partial charge in [-0.25, -0.2) is 9.37 Å². The number of halogens is 1. The highest BCUT2D eigenvalue weighted by atomic mass is 32.1. The van der Waals surface area contributed by atoms with Gasteiger partial charge in [0.2, 0.25) is 35.4 Å². The van der Waals surface area contributed by atoms with Crippen LogP contribution in [0.3, 0.4) is 0 Å². The highest BCUT2D eigenvalue weighted by molar-refractivity contribution is 7.13. The van der Waals surface area contributed by atoms with Crippen molar-refractivity contribution < 1.29 is 47.4 Å². The number of carbonyl (C=O) groups excluding carboxylic acids is 7. The standard InChI is InChI=1S/C55H69FN8O9S/c1-31(34-18-20-37(21-19-34)49-32(2)59-30-74-49)60-51(68)42-27-40(73-33(3)65)28-63(42)54(71)50(55(4,5)6)62-46(67)17-9-7-8-12-35-13-11-16-44(47(35)56)72-29-39(23-25-45(58)66)61-52(69)43-26-38-15-10-14-36-22-24-41(57)53(70)64(43)48(36)38/h10-11,13-16,18-21,30-31,39-43,50H,7-9,12,17,22-29,57H2,1-6H3,(H2,58,66)(H,60,68)(H,61,69)(H,62,67)/t31-,39-,40+,41-,42-,43-,50+/m0/s1. The van der Waals surface area contributed by atoms with Crippen molar-refractivity contribution in [3.63, 3.8) is 0 Å². The van der Waals surface area contributed by atoms with Crippen molar-refractivity contribution in [2.45, 2.75) is 155 Å². The number of benzene rings is 3. The Hall–Kier alpha value is -6.73. The lowest BCUT2D eigenvalue weighted by Gasteiger charge is -2.35. The Morgan fingerprint density at radius 1 is 0.919 bits per heavy atom. The van der Waals surface area contributed by atoms with Crippen LogP contribution >= 0.6 is 11.3 Å². The van der Waals surface area contributed by atoms with E-state index in [4.69, 9.17) is 20.9 Å². The lowest BCUT2D eigenvalue weighted by molar-refractivity contribution is -0.147. The van der Waals surface area contributed by atoms with Crippen molar-refractivity contribution in [1.29, 1.82) is 0 Å². The van der Waals surface area contributed by atoms with E-state index in [1.807, 2.05) is 77.1 Å². The second-order valence-corrected chi connectivity index (χ2v) is 21.6. The third-order valence-electron chi connectivity index (χ3n) is 14.0. The number of aromatic nitrogens is 1. The Kier molecular flexibility index (Phi) is 17.9. The van der Waals surface area contributed by atoms with Gasteiger partial charge in [-0.1, -0.05) is 81.8 Å². The maximum atomic E-state index is 15.9. The van der Waals surface area contributed by atoms with Crippen LogP contribution in [0.2, 0.25) is 0 Å². The third kappa shape index (κ3) is 13.3.